The summed E-state index contributed by atoms with van der Waals surface area (Å²) in [7, 11) is 0. The summed E-state index contributed by atoms with van der Waals surface area (Å²) in [5.74, 6) is -0.387. The van der Waals surface area contributed by atoms with Crippen molar-refractivity contribution in [2.75, 3.05) is 13.2 Å². The molecule has 22 heavy (non-hydrogen) atoms. The fourth-order valence-electron chi connectivity index (χ4n) is 1.88. The minimum Gasteiger partial charge on any atom is -0.444 e. The van der Waals surface area contributed by atoms with E-state index in [1.807, 2.05) is 0 Å². The maximum atomic E-state index is 11.9. The molecule has 0 bridgehead atoms. The highest BCUT2D eigenvalue weighted by molar-refractivity contribution is 5.85. The number of hydrogen-bond donors (Lipinski definition) is 3. The molecule has 0 rings (SSSR count). The number of ether oxygens (including phenoxy) is 1. The van der Waals surface area contributed by atoms with Crippen LogP contribution in [0.3, 0.4) is 0 Å². The molecule has 0 fully saturated rings. The normalized spacial score (nSPS) is 12.6. The number of nitrogens with one attached hydrogen (secondary N) is 2. The number of aliphatic hydroxyl groups is 1. The van der Waals surface area contributed by atoms with Gasteiger partial charge < -0.3 is 20.5 Å². The Balaban J connectivity index is 3.93. The smallest absolute Gasteiger partial charge is 0.408 e. The molecule has 6 nitrogen and oxygen atoms in total. The molecule has 0 aromatic rings. The Kier molecular flexibility index (Phi) is 10.6. The quantitative estimate of drug-likeness (QED) is 0.540. The Labute approximate surface area is 134 Å². The van der Waals surface area contributed by atoms with Gasteiger partial charge in [-0.25, -0.2) is 4.79 Å². The van der Waals surface area contributed by atoms with Gasteiger partial charge in [0.15, 0.2) is 0 Å². The number of carbonyl (C=O) groups excluding carboxylic acids is 2. The topological polar surface area (TPSA) is 87.7 Å². The van der Waals surface area contributed by atoms with Gasteiger partial charge in [0.25, 0.3) is 0 Å². The number of carbonyl (C=O) groups is 2. The van der Waals surface area contributed by atoms with E-state index in [1.165, 1.54) is 25.7 Å². The third-order valence-electron chi connectivity index (χ3n) is 3.02. The molecule has 0 saturated carbocycles. The lowest BCUT2D eigenvalue weighted by atomic mass is 10.1. The molecular weight excluding hydrogens is 284 g/mol. The summed E-state index contributed by atoms with van der Waals surface area (Å²) in [5.41, 5.74) is -0.640. The molecule has 0 spiro atoms. The molecule has 0 aromatic heterocycles. The first-order chi connectivity index (χ1) is 10.3. The van der Waals surface area contributed by atoms with Crippen molar-refractivity contribution in [3.63, 3.8) is 0 Å². The first-order valence-corrected chi connectivity index (χ1v) is 8.18. The predicted molar refractivity (Wildman–Crippen MR) is 86.6 cm³/mol. The lowest BCUT2D eigenvalue weighted by Crippen LogP contribution is -2.50. The van der Waals surface area contributed by atoms with Crippen molar-refractivity contribution in [3.8, 4) is 0 Å². The summed E-state index contributed by atoms with van der Waals surface area (Å²) in [6.45, 7) is 7.48. The number of unbranched alkanes of at least 4 members (excludes halogenated alkanes) is 5. The van der Waals surface area contributed by atoms with Crippen LogP contribution in [-0.2, 0) is 9.53 Å². The van der Waals surface area contributed by atoms with Crippen LogP contribution in [0.15, 0.2) is 0 Å². The first kappa shape index (κ1) is 20.7. The van der Waals surface area contributed by atoms with E-state index in [2.05, 4.69) is 17.6 Å². The molecule has 130 valence electrons. The van der Waals surface area contributed by atoms with E-state index in [9.17, 15) is 14.7 Å². The summed E-state index contributed by atoms with van der Waals surface area (Å²) in [4.78, 5) is 23.5. The highest BCUT2D eigenvalue weighted by Crippen LogP contribution is 2.07. The van der Waals surface area contributed by atoms with Gasteiger partial charge in [0.2, 0.25) is 5.91 Å². The molecule has 1 atom stereocenters. The second-order valence-corrected chi connectivity index (χ2v) is 6.44. The van der Waals surface area contributed by atoms with Gasteiger partial charge >= 0.3 is 6.09 Å². The third-order valence-corrected chi connectivity index (χ3v) is 3.02. The molecule has 0 aliphatic carbocycles. The van der Waals surface area contributed by atoms with E-state index in [4.69, 9.17) is 4.74 Å². The highest BCUT2D eigenvalue weighted by atomic mass is 16.6. The van der Waals surface area contributed by atoms with Crippen LogP contribution in [0.4, 0.5) is 4.79 Å². The molecule has 6 heteroatoms. The average molecular weight is 316 g/mol. The fraction of sp³-hybridized carbons (Fsp3) is 0.875. The van der Waals surface area contributed by atoms with Gasteiger partial charge in [0.05, 0.1) is 6.61 Å². The van der Waals surface area contributed by atoms with Crippen LogP contribution >= 0.6 is 0 Å². The Morgan fingerprint density at radius 2 is 1.68 bits per heavy atom. The average Bonchev–Trinajstić information content (AvgIpc) is 2.41. The summed E-state index contributed by atoms with van der Waals surface area (Å²) in [6, 6.07) is -0.977. The number of hydrogen-bond acceptors (Lipinski definition) is 4. The first-order valence-electron chi connectivity index (χ1n) is 8.18. The van der Waals surface area contributed by atoms with Crippen LogP contribution in [0.25, 0.3) is 0 Å². The van der Waals surface area contributed by atoms with Crippen molar-refractivity contribution in [1.29, 1.82) is 0 Å². The maximum absolute atomic E-state index is 11.9. The van der Waals surface area contributed by atoms with Gasteiger partial charge in [0.1, 0.15) is 11.6 Å². The predicted octanol–water partition coefficient (Wildman–Crippen LogP) is 2.35. The van der Waals surface area contributed by atoms with Crippen LogP contribution in [-0.4, -0.2) is 41.9 Å². The van der Waals surface area contributed by atoms with E-state index in [1.54, 1.807) is 20.8 Å². The van der Waals surface area contributed by atoms with Gasteiger partial charge in [0, 0.05) is 6.54 Å². The SMILES string of the molecule is CCCCCCCCNC(=O)[C@H](CO)NC(=O)OC(C)(C)C. The van der Waals surface area contributed by atoms with Crippen molar-refractivity contribution in [2.24, 2.45) is 0 Å². The largest absolute Gasteiger partial charge is 0.444 e. The van der Waals surface area contributed by atoms with Gasteiger partial charge in [-0.1, -0.05) is 39.0 Å². The van der Waals surface area contributed by atoms with Gasteiger partial charge in [-0.15, -0.1) is 0 Å². The van der Waals surface area contributed by atoms with E-state index in [0.29, 0.717) is 6.54 Å². The Morgan fingerprint density at radius 3 is 2.23 bits per heavy atom. The van der Waals surface area contributed by atoms with E-state index in [0.717, 1.165) is 12.8 Å². The Morgan fingerprint density at radius 1 is 1.09 bits per heavy atom. The second kappa shape index (κ2) is 11.3. The minimum atomic E-state index is -0.977. The van der Waals surface area contributed by atoms with Gasteiger partial charge in [-0.2, -0.15) is 0 Å². The molecule has 3 N–H and O–H groups in total. The van der Waals surface area contributed by atoms with Crippen molar-refractivity contribution in [3.05, 3.63) is 0 Å². The lowest BCUT2D eigenvalue weighted by molar-refractivity contribution is -0.124. The zero-order chi connectivity index (χ0) is 17.0. The molecule has 0 saturated heterocycles. The highest BCUT2D eigenvalue weighted by Gasteiger charge is 2.23. The van der Waals surface area contributed by atoms with Crippen molar-refractivity contribution in [1.82, 2.24) is 10.6 Å². The van der Waals surface area contributed by atoms with Crippen LogP contribution in [0, 0.1) is 0 Å². The Bertz CT molecular complexity index is 327. The Hall–Kier alpha value is -1.30. The van der Waals surface area contributed by atoms with Crippen molar-refractivity contribution < 1.29 is 19.4 Å². The molecule has 0 unspecified atom stereocenters. The van der Waals surface area contributed by atoms with E-state index in [-0.39, 0.29) is 5.91 Å². The molecule has 2 amide bonds. The summed E-state index contributed by atoms with van der Waals surface area (Å²) in [5, 5.41) is 14.3. The van der Waals surface area contributed by atoms with Gasteiger partial charge in [-0.3, -0.25) is 4.79 Å². The van der Waals surface area contributed by atoms with Crippen molar-refractivity contribution >= 4 is 12.0 Å². The summed E-state index contributed by atoms with van der Waals surface area (Å²) < 4.78 is 5.06. The van der Waals surface area contributed by atoms with Crippen LogP contribution in [0.1, 0.15) is 66.2 Å². The third kappa shape index (κ3) is 11.4. The molecule has 0 aliphatic heterocycles. The molecule has 0 aliphatic rings. The molecule has 0 heterocycles. The molecule has 0 aromatic carbocycles. The van der Waals surface area contributed by atoms with Gasteiger partial charge in [-0.05, 0) is 27.2 Å². The number of aliphatic hydroxyl groups excluding tert-OH is 1. The van der Waals surface area contributed by atoms with Crippen molar-refractivity contribution in [2.45, 2.75) is 77.9 Å². The fourth-order valence-corrected chi connectivity index (χ4v) is 1.88. The number of rotatable bonds is 10. The van der Waals surface area contributed by atoms with E-state index >= 15 is 0 Å². The number of alkyl carbamates (subject to hydrolysis) is 1. The minimum absolute atomic E-state index is 0.387. The molecule has 0 radical (unpaired) electrons. The summed E-state index contributed by atoms with van der Waals surface area (Å²) >= 11 is 0. The van der Waals surface area contributed by atoms with Crippen LogP contribution < -0.4 is 10.6 Å². The summed E-state index contributed by atoms with van der Waals surface area (Å²) in [6.07, 6.45) is 6.13. The zero-order valence-electron chi connectivity index (χ0n) is 14.4. The lowest BCUT2D eigenvalue weighted by Gasteiger charge is -2.22. The monoisotopic (exact) mass is 316 g/mol. The van der Waals surface area contributed by atoms with Crippen LogP contribution in [0.2, 0.25) is 0 Å². The van der Waals surface area contributed by atoms with Crippen LogP contribution in [0.5, 0.6) is 0 Å². The van der Waals surface area contributed by atoms with E-state index < -0.39 is 24.3 Å². The second-order valence-electron chi connectivity index (χ2n) is 6.44. The standard InChI is InChI=1S/C16H32N2O4/c1-5-6-7-8-9-10-11-17-14(20)13(12-19)18-15(21)22-16(2,3)4/h13,19H,5-12H2,1-4H3,(H,17,20)(H,18,21)/t13-/m0/s1. The maximum Gasteiger partial charge on any atom is 0.408 e. The zero-order valence-corrected chi connectivity index (χ0v) is 14.4. The number of amides is 2. The molecular formula is C16H32N2O4.